The van der Waals surface area contributed by atoms with Gasteiger partial charge in [-0.05, 0) is 36.6 Å². The van der Waals surface area contributed by atoms with E-state index in [1.165, 1.54) is 11.3 Å². The van der Waals surface area contributed by atoms with Crippen molar-refractivity contribution < 1.29 is 0 Å². The highest BCUT2D eigenvalue weighted by molar-refractivity contribution is 7.07. The summed E-state index contributed by atoms with van der Waals surface area (Å²) in [5.41, 5.74) is 0.896. The second kappa shape index (κ2) is 9.23. The molecule has 0 aliphatic carbocycles. The van der Waals surface area contributed by atoms with Crippen LogP contribution in [0.5, 0.6) is 0 Å². The van der Waals surface area contributed by atoms with Crippen LogP contribution in [0.1, 0.15) is 36.5 Å². The Labute approximate surface area is 193 Å². The largest absolute Gasteiger partial charge is 0.310 e. The number of nitrogens with zero attached hydrogens (tertiary/aromatic N) is 5. The van der Waals surface area contributed by atoms with Gasteiger partial charge in [-0.25, -0.2) is 0 Å². The molecule has 0 atom stereocenters. The maximum absolute atomic E-state index is 13.1. The molecule has 0 amide bonds. The molecule has 3 aromatic rings. The zero-order chi connectivity index (χ0) is 22.0. The maximum atomic E-state index is 13.1. The van der Waals surface area contributed by atoms with Gasteiger partial charge in [0.2, 0.25) is 0 Å². The lowest BCUT2D eigenvalue weighted by Gasteiger charge is -2.06. The third kappa shape index (κ3) is 4.24. The van der Waals surface area contributed by atoms with Crippen LogP contribution < -0.4 is 14.8 Å². The van der Waals surface area contributed by atoms with Crippen LogP contribution in [0.4, 0.5) is 0 Å². The van der Waals surface area contributed by atoms with E-state index in [2.05, 4.69) is 22.8 Å². The zero-order valence-corrected chi connectivity index (χ0v) is 19.0. The Morgan fingerprint density at radius 2 is 2.10 bits per heavy atom. The first-order chi connectivity index (χ1) is 15.0. The first-order valence-electron chi connectivity index (χ1n) is 9.87. The summed E-state index contributed by atoms with van der Waals surface area (Å²) >= 11 is 13.4. The molecule has 3 heterocycles. The number of rotatable bonds is 4. The minimum absolute atomic E-state index is 0.200. The van der Waals surface area contributed by atoms with Gasteiger partial charge in [0.15, 0.2) is 5.82 Å². The van der Waals surface area contributed by atoms with E-state index in [-0.39, 0.29) is 12.1 Å². The van der Waals surface area contributed by atoms with Gasteiger partial charge in [-0.1, -0.05) is 41.8 Å². The third-order valence-corrected chi connectivity index (χ3v) is 6.99. The summed E-state index contributed by atoms with van der Waals surface area (Å²) in [6, 6.07) is 7.45. The molecule has 0 radical (unpaired) electrons. The summed E-state index contributed by atoms with van der Waals surface area (Å²) in [5, 5.41) is 19.5. The van der Waals surface area contributed by atoms with Crippen molar-refractivity contribution in [1.29, 1.82) is 5.26 Å². The quantitative estimate of drug-likeness (QED) is 0.547. The van der Waals surface area contributed by atoms with Crippen LogP contribution in [0.15, 0.2) is 35.6 Å². The molecule has 0 bridgehead atoms. The molecule has 9 heteroatoms. The molecule has 1 aromatic carbocycles. The van der Waals surface area contributed by atoms with E-state index in [1.807, 2.05) is 4.57 Å². The molecular formula is C22H19Cl2N5OS. The van der Waals surface area contributed by atoms with Crippen LogP contribution >= 0.6 is 34.5 Å². The van der Waals surface area contributed by atoms with Crippen molar-refractivity contribution in [3.63, 3.8) is 0 Å². The monoisotopic (exact) mass is 471 g/mol. The van der Waals surface area contributed by atoms with Gasteiger partial charge in [0, 0.05) is 19.5 Å². The lowest BCUT2D eigenvalue weighted by atomic mass is 10.2. The zero-order valence-electron chi connectivity index (χ0n) is 16.6. The molecule has 0 saturated carbocycles. The van der Waals surface area contributed by atoms with Gasteiger partial charge in [-0.3, -0.25) is 9.36 Å². The summed E-state index contributed by atoms with van der Waals surface area (Å²) < 4.78 is 4.59. The predicted molar refractivity (Wildman–Crippen MR) is 124 cm³/mol. The fraction of sp³-hybridized carbons (Fsp3) is 0.273. The van der Waals surface area contributed by atoms with Crippen LogP contribution in [-0.2, 0) is 19.5 Å². The number of halogens is 2. The number of hydrogen-bond donors (Lipinski definition) is 0. The van der Waals surface area contributed by atoms with Crippen molar-refractivity contribution in [2.75, 3.05) is 0 Å². The van der Waals surface area contributed by atoms with Gasteiger partial charge < -0.3 is 4.57 Å². The second-order valence-corrected chi connectivity index (χ2v) is 9.03. The van der Waals surface area contributed by atoms with Gasteiger partial charge in [0.25, 0.3) is 5.56 Å². The number of hydrogen-bond acceptors (Lipinski definition) is 5. The van der Waals surface area contributed by atoms with Gasteiger partial charge in [-0.2, -0.15) is 5.26 Å². The predicted octanol–water partition coefficient (Wildman–Crippen LogP) is 3.27. The topological polar surface area (TPSA) is 76.5 Å². The summed E-state index contributed by atoms with van der Waals surface area (Å²) in [4.78, 5) is 13.1. The van der Waals surface area contributed by atoms with Gasteiger partial charge in [-0.15, -0.1) is 28.1 Å². The standard InChI is InChI=1S/C22H19Cl2N5OS/c1-2-9-29-21(30)18(12-14-7-8-16(23)17(24)11-14)31-22(29)15(13-25)20-27-26-19-6-4-3-5-10-28(19)20/h2,7-8,11-12H,1,3-6,9-10H2. The van der Waals surface area contributed by atoms with E-state index in [1.54, 1.807) is 34.9 Å². The van der Waals surface area contributed by atoms with Gasteiger partial charge in [0.1, 0.15) is 22.1 Å². The number of benzene rings is 1. The molecule has 6 nitrogen and oxygen atoms in total. The van der Waals surface area contributed by atoms with E-state index in [4.69, 9.17) is 23.2 Å². The van der Waals surface area contributed by atoms with E-state index in [9.17, 15) is 10.1 Å². The molecule has 0 N–H and O–H groups in total. The summed E-state index contributed by atoms with van der Waals surface area (Å²) in [7, 11) is 0. The van der Waals surface area contributed by atoms with Gasteiger partial charge >= 0.3 is 0 Å². The maximum Gasteiger partial charge on any atom is 0.269 e. The number of allylic oxidation sites excluding steroid dienone is 1. The number of fused-ring (bicyclic) bond motifs is 1. The highest BCUT2D eigenvalue weighted by Gasteiger charge is 2.20. The Morgan fingerprint density at radius 3 is 2.84 bits per heavy atom. The normalized spacial score (nSPS) is 15.2. The molecule has 1 aliphatic rings. The highest BCUT2D eigenvalue weighted by Crippen LogP contribution is 2.23. The summed E-state index contributed by atoms with van der Waals surface area (Å²) in [6.45, 7) is 4.81. The van der Waals surface area contributed by atoms with Crippen molar-refractivity contribution >= 4 is 46.2 Å². The summed E-state index contributed by atoms with van der Waals surface area (Å²) in [6.07, 6.45) is 7.41. The lowest BCUT2D eigenvalue weighted by molar-refractivity contribution is 0.626. The minimum Gasteiger partial charge on any atom is -0.310 e. The minimum atomic E-state index is -0.200. The van der Waals surface area contributed by atoms with Crippen molar-refractivity contribution in [3.05, 3.63) is 77.7 Å². The SMILES string of the molecule is C=CCn1c(=C(C#N)c2nnc3n2CCCCC3)sc(=Cc2ccc(Cl)c(Cl)c2)c1=O. The smallest absolute Gasteiger partial charge is 0.269 e. The van der Waals surface area contributed by atoms with Crippen molar-refractivity contribution in [3.8, 4) is 6.07 Å². The van der Waals surface area contributed by atoms with Crippen LogP contribution in [0.2, 0.25) is 10.0 Å². The molecule has 4 rings (SSSR count). The Hall–Kier alpha value is -2.66. The van der Waals surface area contributed by atoms with E-state index in [0.29, 0.717) is 30.6 Å². The number of aromatic nitrogens is 4. The molecule has 0 saturated heterocycles. The Balaban J connectivity index is 1.97. The fourth-order valence-electron chi connectivity index (χ4n) is 3.62. The Bertz CT molecular complexity index is 1380. The molecule has 1 aliphatic heterocycles. The number of aryl methyl sites for hydroxylation is 1. The van der Waals surface area contributed by atoms with Crippen LogP contribution in [-0.4, -0.2) is 19.3 Å². The molecule has 0 fully saturated rings. The molecule has 0 spiro atoms. The molecular weight excluding hydrogens is 453 g/mol. The van der Waals surface area contributed by atoms with E-state index >= 15 is 0 Å². The van der Waals surface area contributed by atoms with Crippen molar-refractivity contribution in [1.82, 2.24) is 19.3 Å². The molecule has 0 unspecified atom stereocenters. The average Bonchev–Trinajstić information content (AvgIpc) is 3.18. The second-order valence-electron chi connectivity index (χ2n) is 7.18. The van der Waals surface area contributed by atoms with Crippen LogP contribution in [0.25, 0.3) is 11.6 Å². The number of thiazole rings is 1. The number of nitriles is 1. The average molecular weight is 472 g/mol. The summed E-state index contributed by atoms with van der Waals surface area (Å²) in [5.74, 6) is 1.40. The Morgan fingerprint density at radius 1 is 1.26 bits per heavy atom. The van der Waals surface area contributed by atoms with Crippen molar-refractivity contribution in [2.45, 2.75) is 38.8 Å². The third-order valence-electron chi connectivity index (χ3n) is 5.12. The van der Waals surface area contributed by atoms with Crippen molar-refractivity contribution in [2.24, 2.45) is 0 Å². The molecule has 2 aromatic heterocycles. The van der Waals surface area contributed by atoms with E-state index < -0.39 is 0 Å². The first-order valence-corrected chi connectivity index (χ1v) is 11.4. The fourth-order valence-corrected chi connectivity index (χ4v) is 5.03. The van der Waals surface area contributed by atoms with Gasteiger partial charge in [0.05, 0.1) is 14.6 Å². The lowest BCUT2D eigenvalue weighted by Crippen LogP contribution is -2.32. The highest BCUT2D eigenvalue weighted by atomic mass is 35.5. The first kappa shape index (κ1) is 21.6. The Kier molecular flexibility index (Phi) is 6.42. The van der Waals surface area contributed by atoms with Crippen LogP contribution in [0, 0.1) is 11.3 Å². The van der Waals surface area contributed by atoms with E-state index in [0.717, 1.165) is 43.6 Å². The molecule has 31 heavy (non-hydrogen) atoms. The molecule has 158 valence electrons. The van der Waals surface area contributed by atoms with Crippen LogP contribution in [0.3, 0.4) is 0 Å².